The van der Waals surface area contributed by atoms with Crippen molar-refractivity contribution in [1.82, 2.24) is 30.2 Å². The molecule has 20 nitrogen and oxygen atoms in total. The number of halogens is 3. The number of hydrogen-bond donors (Lipinski definition) is 5. The zero-order valence-corrected chi connectivity index (χ0v) is 44.7. The highest BCUT2D eigenvalue weighted by Gasteiger charge is 2.30. The molecule has 1 aromatic heterocycles. The number of hydrazine groups is 1. The van der Waals surface area contributed by atoms with Gasteiger partial charge in [-0.05, 0) is 126 Å². The number of alkyl carbamates (subject to hydrolysis) is 1. The quantitative estimate of drug-likeness (QED) is 0.00908. The summed E-state index contributed by atoms with van der Waals surface area (Å²) in [6.45, 7) is 6.67. The molecule has 2 aliphatic rings. The highest BCUT2D eigenvalue weighted by molar-refractivity contribution is 7.83. The van der Waals surface area contributed by atoms with Crippen molar-refractivity contribution in [2.45, 2.75) is 103 Å². The Labute approximate surface area is 443 Å². The molecule has 6 rings (SSSR count). The molecule has 1 saturated heterocycles. The van der Waals surface area contributed by atoms with E-state index in [4.69, 9.17) is 30.0 Å². The van der Waals surface area contributed by atoms with Crippen LogP contribution in [0.3, 0.4) is 0 Å². The molecule has 6 N–H and O–H groups in total. The smallest absolute Gasteiger partial charge is 0.416 e. The lowest BCUT2D eigenvalue weighted by Gasteiger charge is -2.18. The van der Waals surface area contributed by atoms with E-state index in [1.807, 2.05) is 24.1 Å². The Bertz CT molecular complexity index is 2570. The summed E-state index contributed by atoms with van der Waals surface area (Å²) in [5, 5.41) is 11.6. The number of ether oxygens (including phenoxy) is 4. The van der Waals surface area contributed by atoms with Gasteiger partial charge in [-0.2, -0.15) is 13.2 Å². The number of hydrogen-bond acceptors (Lipinski definition) is 17. The van der Waals surface area contributed by atoms with Crippen LogP contribution in [0.1, 0.15) is 104 Å². The molecule has 4 aromatic rings. The van der Waals surface area contributed by atoms with Gasteiger partial charge in [0.25, 0.3) is 5.56 Å². The first-order chi connectivity index (χ1) is 36.6. The molecular formula is C52H72F3N7O13S. The van der Waals surface area contributed by atoms with Gasteiger partial charge >= 0.3 is 24.2 Å². The maximum atomic E-state index is 14.2. The van der Waals surface area contributed by atoms with Crippen molar-refractivity contribution in [2.75, 3.05) is 60.9 Å². The number of allylic oxidation sites excluding steroid dienone is 3. The van der Waals surface area contributed by atoms with Crippen LogP contribution >= 0.6 is 0 Å². The van der Waals surface area contributed by atoms with Crippen LogP contribution in [0.25, 0.3) is 16.6 Å². The summed E-state index contributed by atoms with van der Waals surface area (Å²) >= 11 is 0. The molecule has 3 aromatic carbocycles. The first-order valence-corrected chi connectivity index (χ1v) is 25.8. The number of esters is 2. The van der Waals surface area contributed by atoms with E-state index in [-0.39, 0.29) is 64.2 Å². The molecule has 2 fully saturated rings. The number of carbonyl (C=O) groups is 3. The van der Waals surface area contributed by atoms with E-state index in [1.165, 1.54) is 63.3 Å². The molecule has 0 spiro atoms. The summed E-state index contributed by atoms with van der Waals surface area (Å²) in [4.78, 5) is 69.4. The number of aliphatic hydroxyl groups is 1. The van der Waals surface area contributed by atoms with Crippen molar-refractivity contribution >= 4 is 39.9 Å². The number of rotatable bonds is 23. The van der Waals surface area contributed by atoms with Crippen LogP contribution in [0.5, 0.6) is 5.75 Å². The van der Waals surface area contributed by atoms with Gasteiger partial charge in [0.2, 0.25) is 6.79 Å². The summed E-state index contributed by atoms with van der Waals surface area (Å²) in [7, 11) is 2.27. The molecule has 1 aliphatic heterocycles. The van der Waals surface area contributed by atoms with E-state index >= 15 is 0 Å². The molecule has 0 bridgehead atoms. The number of aryl methyl sites for hydroxylation is 2. The topological polar surface area (TPSA) is 253 Å². The van der Waals surface area contributed by atoms with Crippen molar-refractivity contribution < 1.29 is 70.5 Å². The normalized spacial score (nSPS) is 14.0. The Morgan fingerprint density at radius 3 is 2.34 bits per heavy atom. The van der Waals surface area contributed by atoms with Gasteiger partial charge in [-0.3, -0.25) is 19.0 Å². The molecule has 1 unspecified atom stereocenters. The SMILES string of the molecule is C/C=C\CCCC(=O)OCCNC(=O)OCc1nc2cc(C)c(C(=O)OCON)c(C)c2c(=O)n1-c1ccccc1S(=O)NC.CO.COONN1CCCC1.FC(F)(F)c1cccc(OCC/C=C/C2CCCC2)c1. The summed E-state index contributed by atoms with van der Waals surface area (Å²) in [5.74, 6) is 4.85. The fourth-order valence-corrected chi connectivity index (χ4v) is 8.68. The lowest BCUT2D eigenvalue weighted by atomic mass is 9.98. The van der Waals surface area contributed by atoms with E-state index in [1.54, 1.807) is 50.2 Å². The minimum Gasteiger partial charge on any atom is -0.493 e. The number of alkyl halides is 3. The third-order valence-electron chi connectivity index (χ3n) is 11.5. The Morgan fingerprint density at radius 1 is 0.947 bits per heavy atom. The summed E-state index contributed by atoms with van der Waals surface area (Å²) in [5.41, 5.74) is 2.76. The first kappa shape index (κ1) is 64.2. The second-order valence-corrected chi connectivity index (χ2v) is 18.2. The summed E-state index contributed by atoms with van der Waals surface area (Å²) in [6, 6.07) is 13.0. The molecule has 420 valence electrons. The fraction of sp³-hybridized carbons (Fsp3) is 0.481. The molecular weight excluding hydrogens is 1020 g/mol. The minimum absolute atomic E-state index is 0.00778. The van der Waals surface area contributed by atoms with E-state index in [2.05, 4.69) is 47.5 Å². The second kappa shape index (κ2) is 35.3. The number of carbonyl (C=O) groups excluding carboxylic acids is 3. The van der Waals surface area contributed by atoms with Crippen LogP contribution < -0.4 is 31.8 Å². The van der Waals surface area contributed by atoms with Gasteiger partial charge in [0, 0.05) is 26.6 Å². The van der Waals surface area contributed by atoms with Crippen LogP contribution in [0.15, 0.2) is 88.6 Å². The van der Waals surface area contributed by atoms with Crippen molar-refractivity contribution in [3.8, 4) is 11.4 Å². The Kier molecular flexibility index (Phi) is 29.8. The zero-order chi connectivity index (χ0) is 55.9. The minimum atomic E-state index is -4.32. The highest BCUT2D eigenvalue weighted by Crippen LogP contribution is 2.32. The van der Waals surface area contributed by atoms with Crippen molar-refractivity contribution in [3.05, 3.63) is 117 Å². The number of nitrogens with two attached hydrogens (primary N) is 1. The Morgan fingerprint density at radius 2 is 1.67 bits per heavy atom. The monoisotopic (exact) mass is 1090 g/mol. The lowest BCUT2D eigenvalue weighted by molar-refractivity contribution is -0.351. The standard InChI is InChI=1S/C30H37N5O9S.C16H19F3O.C5H12N2O2.CH4O/c1-5-6-7-8-13-25(36)41-15-14-33-30(39)42-17-24-34-21-16-19(2)26(29(38)43-18-44-31)20(3)27(21)28(37)35(24)22-11-9-10-12-23(22)45(40)32-4;17-16(18,19)14-9-5-10-15(12-14)20-11-4-3-8-13-6-1-2-7-13;1-8-9-6-7-4-2-3-5-7;1-2/h5-6,9-12,16,32H,7-8,13-15,17-18,31H2,1-4H3,(H,33,39);3,5,8-10,12-13H,1-2,4,6-7,11H2;6H,2-5H2,1H3;2H,1H3/b6-5-;8-3+;;. The van der Waals surface area contributed by atoms with Gasteiger partial charge < -0.3 is 29.4 Å². The third-order valence-corrected chi connectivity index (χ3v) is 12.6. The summed E-state index contributed by atoms with van der Waals surface area (Å²) in [6.07, 6.45) is 13.0. The van der Waals surface area contributed by atoms with Gasteiger partial charge in [-0.15, -0.1) is 10.6 Å². The molecule has 2 heterocycles. The maximum Gasteiger partial charge on any atom is 0.416 e. The molecule has 24 heteroatoms. The van der Waals surface area contributed by atoms with Crippen LogP contribution in [-0.4, -0.2) is 103 Å². The van der Waals surface area contributed by atoms with E-state index < -0.39 is 53.7 Å². The van der Waals surface area contributed by atoms with Gasteiger partial charge in [-0.25, -0.2) is 39.3 Å². The average molecular weight is 1090 g/mol. The van der Waals surface area contributed by atoms with Crippen LogP contribution in [0, 0.1) is 19.8 Å². The number of aliphatic hydroxyl groups excluding tert-OH is 1. The predicted octanol–water partition coefficient (Wildman–Crippen LogP) is 7.67. The fourth-order valence-electron chi connectivity index (χ4n) is 7.91. The molecule has 0 radical (unpaired) electrons. The van der Waals surface area contributed by atoms with E-state index in [0.717, 1.165) is 45.2 Å². The van der Waals surface area contributed by atoms with Gasteiger partial charge in [0.05, 0.1) is 52.9 Å². The van der Waals surface area contributed by atoms with Gasteiger partial charge in [0.1, 0.15) is 23.3 Å². The number of aromatic nitrogens is 2. The molecule has 76 heavy (non-hydrogen) atoms. The van der Waals surface area contributed by atoms with E-state index in [9.17, 15) is 36.6 Å². The van der Waals surface area contributed by atoms with Crippen molar-refractivity contribution in [2.24, 2.45) is 11.8 Å². The van der Waals surface area contributed by atoms with Crippen molar-refractivity contribution in [1.29, 1.82) is 0 Å². The molecule has 1 amide bonds. The first-order valence-electron chi connectivity index (χ1n) is 24.7. The largest absolute Gasteiger partial charge is 0.493 e. The third kappa shape index (κ3) is 21.5. The highest BCUT2D eigenvalue weighted by atomic mass is 32.2. The zero-order valence-electron chi connectivity index (χ0n) is 43.9. The predicted molar refractivity (Wildman–Crippen MR) is 278 cm³/mol. The Hall–Kier alpha value is -6.09. The molecule has 1 saturated carbocycles. The molecule has 1 atom stereocenters. The Balaban J connectivity index is 0.000000398. The number of nitrogens with zero attached hydrogens (tertiary/aromatic N) is 3. The van der Waals surface area contributed by atoms with Crippen LogP contribution in [0.2, 0.25) is 0 Å². The number of para-hydroxylation sites is 1. The lowest BCUT2D eigenvalue weighted by Crippen LogP contribution is -2.34. The average Bonchev–Trinajstić information content (AvgIpc) is 4.15. The molecule has 1 aliphatic carbocycles. The van der Waals surface area contributed by atoms with Crippen LogP contribution in [-0.2, 0) is 57.5 Å². The number of benzene rings is 3. The van der Waals surface area contributed by atoms with Gasteiger partial charge in [0.15, 0.2) is 12.4 Å². The second-order valence-electron chi connectivity index (χ2n) is 16.8. The number of fused-ring (bicyclic) bond motifs is 1. The number of unbranched alkanes of at least 4 members (excludes halogenated alkanes) is 1. The maximum absolute atomic E-state index is 14.2. The van der Waals surface area contributed by atoms with Crippen LogP contribution in [0.4, 0.5) is 18.0 Å². The summed E-state index contributed by atoms with van der Waals surface area (Å²) < 4.78 is 75.1. The number of nitrogens with one attached hydrogen (secondary N) is 3. The number of amides is 1. The van der Waals surface area contributed by atoms with Gasteiger partial charge in [-0.1, -0.05) is 55.3 Å². The van der Waals surface area contributed by atoms with E-state index in [0.29, 0.717) is 30.1 Å². The van der Waals surface area contributed by atoms with Crippen molar-refractivity contribution in [3.63, 3.8) is 0 Å².